The van der Waals surface area contributed by atoms with Crippen LogP contribution in [-0.4, -0.2) is 38.5 Å². The highest BCUT2D eigenvalue weighted by atomic mass is 16.1. The second-order valence-corrected chi connectivity index (χ2v) is 7.57. The molecule has 1 aromatic carbocycles. The highest BCUT2D eigenvalue weighted by Gasteiger charge is 2.24. The van der Waals surface area contributed by atoms with E-state index in [1.54, 1.807) is 34.6 Å². The van der Waals surface area contributed by atoms with E-state index in [1.165, 1.54) is 0 Å². The van der Waals surface area contributed by atoms with Gasteiger partial charge < -0.3 is 10.6 Å². The van der Waals surface area contributed by atoms with Crippen molar-refractivity contribution in [3.63, 3.8) is 0 Å². The zero-order chi connectivity index (χ0) is 21.3. The van der Waals surface area contributed by atoms with Gasteiger partial charge in [0.1, 0.15) is 0 Å². The molecule has 2 N–H and O–H groups in total. The summed E-state index contributed by atoms with van der Waals surface area (Å²) in [6.07, 6.45) is 5.32. The van der Waals surface area contributed by atoms with Crippen molar-refractivity contribution in [2.45, 2.75) is 32.4 Å². The summed E-state index contributed by atoms with van der Waals surface area (Å²) in [5.41, 5.74) is 9.15. The van der Waals surface area contributed by atoms with Crippen LogP contribution in [0.5, 0.6) is 0 Å². The fourth-order valence-electron chi connectivity index (χ4n) is 3.80. The number of nitrogens with zero attached hydrogens (tertiary/aromatic N) is 6. The first kappa shape index (κ1) is 19.9. The van der Waals surface area contributed by atoms with Crippen molar-refractivity contribution in [1.29, 1.82) is 0 Å². The van der Waals surface area contributed by atoms with Crippen molar-refractivity contribution in [1.82, 2.24) is 19.3 Å². The van der Waals surface area contributed by atoms with E-state index in [9.17, 15) is 4.79 Å². The van der Waals surface area contributed by atoms with Gasteiger partial charge in [0.05, 0.1) is 24.0 Å². The first-order valence-electron chi connectivity index (χ1n) is 10.1. The second kappa shape index (κ2) is 8.13. The molecule has 0 radical (unpaired) electrons. The van der Waals surface area contributed by atoms with E-state index in [0.717, 1.165) is 43.6 Å². The number of hydrogen-bond acceptors (Lipinski definition) is 5. The van der Waals surface area contributed by atoms with Gasteiger partial charge in [0.2, 0.25) is 5.95 Å². The fraction of sp³-hybridized carbons (Fsp3) is 0.364. The predicted molar refractivity (Wildman–Crippen MR) is 117 cm³/mol. The summed E-state index contributed by atoms with van der Waals surface area (Å²) in [5, 5.41) is 4.34. The molecule has 0 spiro atoms. The first-order chi connectivity index (χ1) is 14.5. The quantitative estimate of drug-likeness (QED) is 0.677. The Balaban J connectivity index is 1.91. The molecule has 1 aliphatic heterocycles. The van der Waals surface area contributed by atoms with Crippen LogP contribution in [0, 0.1) is 6.57 Å². The molecule has 4 rings (SSSR count). The predicted octanol–water partition coefficient (Wildman–Crippen LogP) is 2.81. The number of hydrogen-bond donors (Lipinski definition) is 1. The molecule has 0 aliphatic carbocycles. The van der Waals surface area contributed by atoms with Crippen LogP contribution in [0.1, 0.15) is 19.8 Å². The summed E-state index contributed by atoms with van der Waals surface area (Å²) in [6.45, 7) is 11.4. The highest BCUT2D eigenvalue weighted by Crippen LogP contribution is 2.31. The van der Waals surface area contributed by atoms with Crippen molar-refractivity contribution in [2.75, 3.05) is 18.0 Å². The minimum Gasteiger partial charge on any atom is -0.342 e. The molecular formula is C22H25N7O. The van der Waals surface area contributed by atoms with Gasteiger partial charge >= 0.3 is 0 Å². The van der Waals surface area contributed by atoms with Crippen molar-refractivity contribution in [3.05, 3.63) is 58.4 Å². The number of piperidine rings is 1. The Morgan fingerprint density at radius 1 is 1.20 bits per heavy atom. The molecule has 0 bridgehead atoms. The van der Waals surface area contributed by atoms with Crippen molar-refractivity contribution in [2.24, 2.45) is 12.8 Å². The topological polar surface area (TPSA) is 86.3 Å². The lowest BCUT2D eigenvalue weighted by Gasteiger charge is -2.32. The molecule has 3 aromatic rings. The molecule has 3 heterocycles. The lowest BCUT2D eigenvalue weighted by molar-refractivity contribution is 0.490. The molecule has 154 valence electrons. The Bertz CT molecular complexity index is 1150. The maximum absolute atomic E-state index is 13.5. The molecule has 8 heteroatoms. The van der Waals surface area contributed by atoms with Gasteiger partial charge in [-0.25, -0.2) is 9.83 Å². The van der Waals surface area contributed by atoms with Gasteiger partial charge in [0, 0.05) is 44.5 Å². The monoisotopic (exact) mass is 403 g/mol. The summed E-state index contributed by atoms with van der Waals surface area (Å²) < 4.78 is 3.41. The fourth-order valence-corrected chi connectivity index (χ4v) is 3.80. The van der Waals surface area contributed by atoms with Gasteiger partial charge in [-0.3, -0.25) is 14.0 Å². The van der Waals surface area contributed by atoms with Crippen molar-refractivity contribution >= 4 is 11.6 Å². The third kappa shape index (κ3) is 3.60. The van der Waals surface area contributed by atoms with E-state index in [1.807, 2.05) is 25.3 Å². The Labute approximate surface area is 175 Å². The summed E-state index contributed by atoms with van der Waals surface area (Å²) >= 11 is 0. The Hall–Kier alpha value is -3.44. The number of aromatic nitrogens is 4. The van der Waals surface area contributed by atoms with E-state index >= 15 is 0 Å². The van der Waals surface area contributed by atoms with Gasteiger partial charge in [0.15, 0.2) is 5.69 Å². The average molecular weight is 403 g/mol. The summed E-state index contributed by atoms with van der Waals surface area (Å²) in [7, 11) is 1.76. The number of aryl methyl sites for hydroxylation is 1. The van der Waals surface area contributed by atoms with Crippen LogP contribution in [0.3, 0.4) is 0 Å². The molecule has 0 atom stereocenters. The average Bonchev–Trinajstić information content (AvgIpc) is 3.25. The molecule has 1 aliphatic rings. The summed E-state index contributed by atoms with van der Waals surface area (Å²) in [5.74, 6) is 0.641. The number of anilines is 1. The minimum absolute atomic E-state index is 0.116. The Morgan fingerprint density at radius 3 is 2.50 bits per heavy atom. The van der Waals surface area contributed by atoms with Crippen LogP contribution >= 0.6 is 0 Å². The zero-order valence-electron chi connectivity index (χ0n) is 17.2. The number of rotatable bonds is 4. The van der Waals surface area contributed by atoms with Gasteiger partial charge in [-0.1, -0.05) is 24.3 Å². The van der Waals surface area contributed by atoms with Gasteiger partial charge in [-0.15, -0.1) is 0 Å². The molecule has 30 heavy (non-hydrogen) atoms. The maximum Gasteiger partial charge on any atom is 0.263 e. The number of nitrogens with two attached hydrogens (primary N) is 1. The van der Waals surface area contributed by atoms with Gasteiger partial charge in [0.25, 0.3) is 5.56 Å². The first-order valence-corrected chi connectivity index (χ1v) is 10.1. The summed E-state index contributed by atoms with van der Waals surface area (Å²) in [6, 6.07) is 7.39. The molecule has 0 saturated carbocycles. The lowest BCUT2D eigenvalue weighted by atomic mass is 10.0. The van der Waals surface area contributed by atoms with E-state index in [-0.39, 0.29) is 11.6 Å². The molecular weight excluding hydrogens is 378 g/mol. The van der Waals surface area contributed by atoms with E-state index < -0.39 is 0 Å². The van der Waals surface area contributed by atoms with Crippen LogP contribution in [0.15, 0.2) is 41.5 Å². The van der Waals surface area contributed by atoms with E-state index in [4.69, 9.17) is 17.3 Å². The third-order valence-electron chi connectivity index (χ3n) is 5.61. The molecule has 1 fully saturated rings. The van der Waals surface area contributed by atoms with Crippen LogP contribution < -0.4 is 16.2 Å². The molecule has 0 amide bonds. The largest absolute Gasteiger partial charge is 0.342 e. The standard InChI is InChI=1S/C22H25N7O/c1-4-29-14-16(13-25-29)19-20(15-5-7-18(24-2)8-6-15)26-22(27(3)21(19)30)28-11-9-17(23)10-12-28/h5-8,13-14,17H,4,9-12,23H2,1,3H3. The minimum atomic E-state index is -0.116. The van der Waals surface area contributed by atoms with Crippen LogP contribution in [0.4, 0.5) is 11.6 Å². The van der Waals surface area contributed by atoms with Crippen molar-refractivity contribution in [3.8, 4) is 22.4 Å². The van der Waals surface area contributed by atoms with Crippen molar-refractivity contribution < 1.29 is 0 Å². The highest BCUT2D eigenvalue weighted by molar-refractivity contribution is 5.81. The summed E-state index contributed by atoms with van der Waals surface area (Å²) in [4.78, 5) is 24.0. The molecule has 8 nitrogen and oxygen atoms in total. The van der Waals surface area contributed by atoms with Crippen LogP contribution in [0.25, 0.3) is 27.2 Å². The smallest absolute Gasteiger partial charge is 0.263 e. The van der Waals surface area contributed by atoms with Gasteiger partial charge in [-0.05, 0) is 25.3 Å². The molecule has 2 aromatic heterocycles. The Kier molecular flexibility index (Phi) is 5.38. The maximum atomic E-state index is 13.5. The normalized spacial score (nSPS) is 14.7. The third-order valence-corrected chi connectivity index (χ3v) is 5.61. The molecule has 1 saturated heterocycles. The zero-order valence-corrected chi connectivity index (χ0v) is 17.2. The lowest BCUT2D eigenvalue weighted by Crippen LogP contribution is -2.42. The second-order valence-electron chi connectivity index (χ2n) is 7.57. The van der Waals surface area contributed by atoms with Crippen LogP contribution in [-0.2, 0) is 13.6 Å². The van der Waals surface area contributed by atoms with Gasteiger partial charge in [-0.2, -0.15) is 5.10 Å². The van der Waals surface area contributed by atoms with E-state index in [2.05, 4.69) is 14.8 Å². The molecule has 0 unspecified atom stereocenters. The number of benzene rings is 1. The Morgan fingerprint density at radius 2 is 1.90 bits per heavy atom. The SMILES string of the molecule is [C-]#[N+]c1ccc(-c2nc(N3CCC(N)CC3)n(C)c(=O)c2-c2cnn(CC)c2)cc1. The van der Waals surface area contributed by atoms with E-state index in [0.29, 0.717) is 22.9 Å². The van der Waals surface area contributed by atoms with Crippen LogP contribution in [0.2, 0.25) is 0 Å².